The molecule has 0 radical (unpaired) electrons. The van der Waals surface area contributed by atoms with Gasteiger partial charge in [0.25, 0.3) is 0 Å². The average Bonchev–Trinajstić information content (AvgIpc) is 2.83. The van der Waals surface area contributed by atoms with Gasteiger partial charge >= 0.3 is 0 Å². The molecule has 0 aliphatic heterocycles. The minimum absolute atomic E-state index is 0.0812. The number of rotatable bonds is 2. The molecule has 0 amide bonds. The van der Waals surface area contributed by atoms with Gasteiger partial charge in [0, 0.05) is 11.1 Å². The minimum atomic E-state index is 0.0812. The van der Waals surface area contributed by atoms with Gasteiger partial charge < -0.3 is 0 Å². The first-order valence-electron chi connectivity index (χ1n) is 6.59. The molecule has 0 spiro atoms. The van der Waals surface area contributed by atoms with Crippen LogP contribution < -0.4 is 0 Å². The van der Waals surface area contributed by atoms with Gasteiger partial charge in [-0.3, -0.25) is 4.79 Å². The summed E-state index contributed by atoms with van der Waals surface area (Å²) in [7, 11) is 0. The summed E-state index contributed by atoms with van der Waals surface area (Å²) < 4.78 is 0. The number of allylic oxidation sites excluding steroid dienone is 4. The molecule has 0 saturated heterocycles. The van der Waals surface area contributed by atoms with Crippen LogP contribution in [0.1, 0.15) is 11.1 Å². The third-order valence-corrected chi connectivity index (χ3v) is 3.21. The molecule has 0 saturated carbocycles. The Balaban J connectivity index is 1.87. The van der Waals surface area contributed by atoms with E-state index in [9.17, 15) is 4.79 Å². The van der Waals surface area contributed by atoms with Gasteiger partial charge in [-0.15, -0.1) is 0 Å². The fourth-order valence-corrected chi connectivity index (χ4v) is 2.18. The number of benzene rings is 2. The number of Topliss-reactive ketones (excluding diaryl/α,β-unsaturated/α-hetero) is 1. The van der Waals surface area contributed by atoms with Gasteiger partial charge in [-0.1, -0.05) is 72.8 Å². The topological polar surface area (TPSA) is 17.1 Å². The van der Waals surface area contributed by atoms with Gasteiger partial charge in [-0.05, 0) is 23.3 Å². The molecule has 0 heterocycles. The largest absolute Gasteiger partial charge is 0.289 e. The van der Waals surface area contributed by atoms with Crippen LogP contribution in [0.4, 0.5) is 0 Å². The molecule has 0 fully saturated rings. The van der Waals surface area contributed by atoms with Crippen LogP contribution in [0.25, 0.3) is 12.2 Å². The second-order valence-corrected chi connectivity index (χ2v) is 4.68. The zero-order valence-electron chi connectivity index (χ0n) is 11.0. The summed E-state index contributed by atoms with van der Waals surface area (Å²) in [6.45, 7) is 0. The van der Waals surface area contributed by atoms with Crippen molar-refractivity contribution in [2.24, 2.45) is 0 Å². The first kappa shape index (κ1) is 12.4. The number of hydrogen-bond acceptors (Lipinski definition) is 1. The zero-order valence-corrected chi connectivity index (χ0v) is 11.0. The smallest absolute Gasteiger partial charge is 0.193 e. The number of carbonyl (C=O) groups is 1. The summed E-state index contributed by atoms with van der Waals surface area (Å²) in [4.78, 5) is 12.3. The summed E-state index contributed by atoms with van der Waals surface area (Å²) in [6, 6.07) is 19.8. The molecule has 1 heteroatoms. The molecule has 0 atom stereocenters. The Morgan fingerprint density at radius 2 is 1.00 bits per heavy atom. The van der Waals surface area contributed by atoms with Gasteiger partial charge in [0.05, 0.1) is 0 Å². The molecular formula is C19H14O. The fraction of sp³-hybridized carbons (Fsp3) is 0. The molecule has 1 aliphatic rings. The Bertz CT molecular complexity index is 642. The van der Waals surface area contributed by atoms with Gasteiger partial charge in [-0.2, -0.15) is 0 Å². The third-order valence-electron chi connectivity index (χ3n) is 3.21. The molecule has 1 nitrogen and oxygen atoms in total. The maximum atomic E-state index is 12.3. The Morgan fingerprint density at radius 3 is 1.40 bits per heavy atom. The molecule has 2 aromatic carbocycles. The van der Waals surface area contributed by atoms with E-state index in [2.05, 4.69) is 0 Å². The monoisotopic (exact) mass is 258 g/mol. The van der Waals surface area contributed by atoms with E-state index < -0.39 is 0 Å². The molecule has 20 heavy (non-hydrogen) atoms. The van der Waals surface area contributed by atoms with Crippen molar-refractivity contribution >= 4 is 17.9 Å². The van der Waals surface area contributed by atoms with Crippen LogP contribution in [0.3, 0.4) is 0 Å². The number of carbonyl (C=O) groups excluding carboxylic acids is 1. The maximum absolute atomic E-state index is 12.3. The van der Waals surface area contributed by atoms with Gasteiger partial charge in [-0.25, -0.2) is 0 Å². The van der Waals surface area contributed by atoms with E-state index in [1.165, 1.54) is 0 Å². The molecular weight excluding hydrogens is 244 g/mol. The highest BCUT2D eigenvalue weighted by Crippen LogP contribution is 2.22. The lowest BCUT2D eigenvalue weighted by Gasteiger charge is -1.97. The Kier molecular flexibility index (Phi) is 3.42. The molecule has 1 aliphatic carbocycles. The van der Waals surface area contributed by atoms with Gasteiger partial charge in [0.1, 0.15) is 0 Å². The van der Waals surface area contributed by atoms with Crippen LogP contribution in [0, 0.1) is 0 Å². The van der Waals surface area contributed by atoms with Crippen LogP contribution in [-0.2, 0) is 4.79 Å². The van der Waals surface area contributed by atoms with Gasteiger partial charge in [0.2, 0.25) is 0 Å². The normalized spacial score (nSPS) is 18.1. The molecule has 96 valence electrons. The molecule has 0 N–H and O–H groups in total. The van der Waals surface area contributed by atoms with Crippen LogP contribution in [0.15, 0.2) is 84.0 Å². The van der Waals surface area contributed by atoms with Crippen LogP contribution in [0.2, 0.25) is 0 Å². The van der Waals surface area contributed by atoms with Crippen molar-refractivity contribution in [1.82, 2.24) is 0 Å². The lowest BCUT2D eigenvalue weighted by Crippen LogP contribution is -1.96. The highest BCUT2D eigenvalue weighted by Gasteiger charge is 2.16. The molecule has 0 bridgehead atoms. The number of hydrogen-bond donors (Lipinski definition) is 0. The predicted molar refractivity (Wildman–Crippen MR) is 83.0 cm³/mol. The summed E-state index contributed by atoms with van der Waals surface area (Å²) in [5.41, 5.74) is 3.56. The number of ketones is 1. The van der Waals surface area contributed by atoms with Crippen molar-refractivity contribution in [3.05, 3.63) is 95.1 Å². The van der Waals surface area contributed by atoms with E-state index >= 15 is 0 Å². The van der Waals surface area contributed by atoms with E-state index in [0.717, 1.165) is 22.3 Å². The van der Waals surface area contributed by atoms with E-state index in [-0.39, 0.29) is 5.78 Å². The quantitative estimate of drug-likeness (QED) is 0.734. The maximum Gasteiger partial charge on any atom is 0.193 e. The highest BCUT2D eigenvalue weighted by atomic mass is 16.1. The molecule has 0 aromatic heterocycles. The van der Waals surface area contributed by atoms with Crippen molar-refractivity contribution in [2.75, 3.05) is 0 Å². The summed E-state index contributed by atoms with van der Waals surface area (Å²) in [5, 5.41) is 0. The first-order chi connectivity index (χ1) is 9.83. The SMILES string of the molecule is O=C1/C(=C\c2ccccc2)C=C/C1=C/c1ccccc1. The van der Waals surface area contributed by atoms with E-state index in [1.54, 1.807) is 0 Å². The molecule has 2 aromatic rings. The Morgan fingerprint density at radius 1 is 0.600 bits per heavy atom. The van der Waals surface area contributed by atoms with Gasteiger partial charge in [0.15, 0.2) is 5.78 Å². The fourth-order valence-electron chi connectivity index (χ4n) is 2.18. The lowest BCUT2D eigenvalue weighted by atomic mass is 10.1. The van der Waals surface area contributed by atoms with Crippen molar-refractivity contribution in [2.45, 2.75) is 0 Å². The zero-order chi connectivity index (χ0) is 13.8. The molecule has 3 rings (SSSR count). The minimum Gasteiger partial charge on any atom is -0.289 e. The summed E-state index contributed by atoms with van der Waals surface area (Å²) >= 11 is 0. The summed E-state index contributed by atoms with van der Waals surface area (Å²) in [5.74, 6) is 0.0812. The van der Waals surface area contributed by atoms with E-state index in [1.807, 2.05) is 85.0 Å². The second-order valence-electron chi connectivity index (χ2n) is 4.68. The van der Waals surface area contributed by atoms with Crippen molar-refractivity contribution in [3.8, 4) is 0 Å². The van der Waals surface area contributed by atoms with E-state index in [0.29, 0.717) is 0 Å². The van der Waals surface area contributed by atoms with Crippen LogP contribution >= 0.6 is 0 Å². The second kappa shape index (κ2) is 5.54. The predicted octanol–water partition coefficient (Wildman–Crippen LogP) is 4.29. The summed E-state index contributed by atoms with van der Waals surface area (Å²) in [6.07, 6.45) is 7.60. The van der Waals surface area contributed by atoms with E-state index in [4.69, 9.17) is 0 Å². The molecule has 0 unspecified atom stereocenters. The standard InChI is InChI=1S/C19H14O/c20-19-17(13-15-7-3-1-4-8-15)11-12-18(19)14-16-9-5-2-6-10-16/h1-14H/b17-13-,18-14-. The van der Waals surface area contributed by atoms with Crippen molar-refractivity contribution in [3.63, 3.8) is 0 Å². The van der Waals surface area contributed by atoms with Crippen molar-refractivity contribution < 1.29 is 4.79 Å². The van der Waals surface area contributed by atoms with Crippen LogP contribution in [0.5, 0.6) is 0 Å². The highest BCUT2D eigenvalue weighted by molar-refractivity contribution is 6.19. The first-order valence-corrected chi connectivity index (χ1v) is 6.59. The Hall–Kier alpha value is -2.67. The average molecular weight is 258 g/mol. The lowest BCUT2D eigenvalue weighted by molar-refractivity contribution is -0.111. The third kappa shape index (κ3) is 2.67. The van der Waals surface area contributed by atoms with Crippen LogP contribution in [-0.4, -0.2) is 5.78 Å². The Labute approximate surface area is 118 Å². The van der Waals surface area contributed by atoms with Crippen molar-refractivity contribution in [1.29, 1.82) is 0 Å².